The maximum absolute atomic E-state index is 13.5. The van der Waals surface area contributed by atoms with Gasteiger partial charge in [-0.3, -0.25) is 0 Å². The Morgan fingerprint density at radius 3 is 2.31 bits per heavy atom. The molecular weight excluding hydrogens is 447 g/mol. The van der Waals surface area contributed by atoms with E-state index >= 15 is 0 Å². The Morgan fingerprint density at radius 1 is 1.11 bits per heavy atom. The topological polar surface area (TPSA) is 71.9 Å². The van der Waals surface area contributed by atoms with Crippen LogP contribution in [0.2, 0.25) is 0 Å². The third kappa shape index (κ3) is 5.46. The van der Waals surface area contributed by atoms with E-state index in [1.54, 1.807) is 44.2 Å². The minimum Gasteiger partial charge on any atom is -0.481 e. The molecule has 1 fully saturated rings. The number of amides is 1. The van der Waals surface area contributed by atoms with Crippen molar-refractivity contribution in [3.8, 4) is 17.0 Å². The summed E-state index contributed by atoms with van der Waals surface area (Å²) in [6.45, 7) is 5.77. The Kier molecular flexibility index (Phi) is 6.81. The largest absolute Gasteiger partial charge is 0.481 e. The number of nitrogens with zero attached hydrogens (tertiary/aromatic N) is 2. The molecular formula is C28H31FN2O4. The van der Waals surface area contributed by atoms with Gasteiger partial charge in [0, 0.05) is 37.2 Å². The lowest BCUT2D eigenvalue weighted by Crippen LogP contribution is -2.51. The average molecular weight is 479 g/mol. The summed E-state index contributed by atoms with van der Waals surface area (Å²) in [5.41, 5.74) is 1.54. The Hall–Kier alpha value is -3.45. The molecule has 1 aliphatic rings. The molecule has 35 heavy (non-hydrogen) atoms. The van der Waals surface area contributed by atoms with Gasteiger partial charge in [0.25, 0.3) is 0 Å². The number of carbonyl (C=O) groups excluding carboxylic acids is 1. The van der Waals surface area contributed by atoms with Crippen molar-refractivity contribution in [1.29, 1.82) is 0 Å². The van der Waals surface area contributed by atoms with E-state index in [0.717, 1.165) is 16.7 Å². The molecule has 2 atom stereocenters. The quantitative estimate of drug-likeness (QED) is 0.461. The van der Waals surface area contributed by atoms with Crippen LogP contribution in [0.5, 0.6) is 5.88 Å². The Balaban J connectivity index is 1.52. The van der Waals surface area contributed by atoms with Gasteiger partial charge in [0.15, 0.2) is 0 Å². The van der Waals surface area contributed by atoms with Crippen molar-refractivity contribution in [2.75, 3.05) is 13.7 Å². The van der Waals surface area contributed by atoms with Crippen LogP contribution < -0.4 is 4.74 Å². The number of benzene rings is 2. The monoisotopic (exact) mass is 478 g/mol. The summed E-state index contributed by atoms with van der Waals surface area (Å²) in [5.74, 6) is 0.197. The van der Waals surface area contributed by atoms with Crippen LogP contribution in [0.25, 0.3) is 11.1 Å². The molecule has 1 unspecified atom stereocenters. The van der Waals surface area contributed by atoms with E-state index in [0.29, 0.717) is 24.4 Å². The van der Waals surface area contributed by atoms with Crippen molar-refractivity contribution in [1.82, 2.24) is 9.88 Å². The first-order chi connectivity index (χ1) is 16.6. The zero-order chi connectivity index (χ0) is 25.2. The van der Waals surface area contributed by atoms with E-state index in [4.69, 9.17) is 9.47 Å². The summed E-state index contributed by atoms with van der Waals surface area (Å²) in [6, 6.07) is 17.5. The van der Waals surface area contributed by atoms with Gasteiger partial charge in [-0.2, -0.15) is 0 Å². The van der Waals surface area contributed by atoms with Crippen LogP contribution >= 0.6 is 0 Å². The van der Waals surface area contributed by atoms with E-state index < -0.39 is 17.3 Å². The third-order valence-electron chi connectivity index (χ3n) is 6.50. The number of hydrogen-bond acceptors (Lipinski definition) is 5. The summed E-state index contributed by atoms with van der Waals surface area (Å²) in [4.78, 5) is 19.2. The van der Waals surface area contributed by atoms with Gasteiger partial charge in [-0.05, 0) is 55.7 Å². The van der Waals surface area contributed by atoms with Crippen molar-refractivity contribution in [2.24, 2.45) is 0 Å². The van der Waals surface area contributed by atoms with Crippen LogP contribution in [0.4, 0.5) is 9.18 Å². The predicted molar refractivity (Wildman–Crippen MR) is 131 cm³/mol. The lowest BCUT2D eigenvalue weighted by atomic mass is 9.80. The minimum absolute atomic E-state index is 0.209. The molecule has 2 aromatic carbocycles. The number of aromatic nitrogens is 1. The fourth-order valence-corrected chi connectivity index (χ4v) is 4.71. The first-order valence-electron chi connectivity index (χ1n) is 11.7. The SMILES string of the molecule is COc1ccc(-c2ccc([C@H](C)N3CCC(CC(C)(C)O)(c4ccc(F)cc4)OC3=O)cc2)cn1. The number of cyclic esters (lactones) is 1. The molecule has 1 aromatic heterocycles. The zero-order valence-electron chi connectivity index (χ0n) is 20.5. The molecule has 0 radical (unpaired) electrons. The van der Waals surface area contributed by atoms with Crippen molar-refractivity contribution < 1.29 is 23.8 Å². The maximum Gasteiger partial charge on any atom is 0.411 e. The highest BCUT2D eigenvalue weighted by molar-refractivity contribution is 5.70. The summed E-state index contributed by atoms with van der Waals surface area (Å²) in [6.07, 6.45) is 2.00. The molecule has 1 saturated heterocycles. The van der Waals surface area contributed by atoms with Gasteiger partial charge in [-0.15, -0.1) is 0 Å². The van der Waals surface area contributed by atoms with E-state index in [2.05, 4.69) is 4.98 Å². The van der Waals surface area contributed by atoms with Gasteiger partial charge < -0.3 is 19.5 Å². The zero-order valence-corrected chi connectivity index (χ0v) is 20.5. The van der Waals surface area contributed by atoms with Crippen LogP contribution in [0.3, 0.4) is 0 Å². The lowest BCUT2D eigenvalue weighted by Gasteiger charge is -2.45. The van der Waals surface area contributed by atoms with Crippen molar-refractivity contribution in [3.05, 3.63) is 83.8 Å². The van der Waals surface area contributed by atoms with Gasteiger partial charge in [0.2, 0.25) is 5.88 Å². The molecule has 184 valence electrons. The number of rotatable bonds is 7. The number of ether oxygens (including phenoxy) is 2. The highest BCUT2D eigenvalue weighted by Crippen LogP contribution is 2.42. The molecule has 1 amide bonds. The van der Waals surface area contributed by atoms with E-state index in [-0.39, 0.29) is 18.3 Å². The van der Waals surface area contributed by atoms with Crippen LogP contribution in [0, 0.1) is 5.82 Å². The van der Waals surface area contributed by atoms with Gasteiger partial charge >= 0.3 is 6.09 Å². The molecule has 4 rings (SSSR count). The Labute approximate surface area is 205 Å². The number of pyridine rings is 1. The maximum atomic E-state index is 13.5. The molecule has 3 aromatic rings. The Bertz CT molecular complexity index is 1160. The van der Waals surface area contributed by atoms with Crippen LogP contribution in [0.15, 0.2) is 66.9 Å². The summed E-state index contributed by atoms with van der Waals surface area (Å²) in [5, 5.41) is 10.5. The molecule has 0 saturated carbocycles. The molecule has 2 heterocycles. The number of halogens is 1. The van der Waals surface area contributed by atoms with Crippen LogP contribution in [-0.2, 0) is 10.3 Å². The van der Waals surface area contributed by atoms with Crippen LogP contribution in [-0.4, -0.2) is 40.3 Å². The number of methoxy groups -OCH3 is 1. The summed E-state index contributed by atoms with van der Waals surface area (Å²) in [7, 11) is 1.58. The first kappa shape index (κ1) is 24.7. The summed E-state index contributed by atoms with van der Waals surface area (Å²) < 4.78 is 24.7. The molecule has 0 bridgehead atoms. The smallest absolute Gasteiger partial charge is 0.411 e. The highest BCUT2D eigenvalue weighted by atomic mass is 19.1. The van der Waals surface area contributed by atoms with Gasteiger partial charge in [0.05, 0.1) is 18.8 Å². The standard InChI is InChI=1S/C28H31FN2O4/c1-19(20-5-7-21(8-6-20)22-9-14-25(34-4)30-17-22)31-16-15-28(35-26(31)32,18-27(2,3)33)23-10-12-24(29)13-11-23/h5-14,17,19,33H,15-16,18H2,1-4H3/t19-,28?/m0/s1. The fraction of sp³-hybridized carbons (Fsp3) is 0.357. The van der Waals surface area contributed by atoms with E-state index in [9.17, 15) is 14.3 Å². The van der Waals surface area contributed by atoms with Gasteiger partial charge in [-0.25, -0.2) is 14.2 Å². The average Bonchev–Trinajstić information content (AvgIpc) is 2.83. The van der Waals surface area contributed by atoms with Gasteiger partial charge in [-0.1, -0.05) is 36.4 Å². The molecule has 1 N–H and O–H groups in total. The molecule has 1 aliphatic heterocycles. The van der Waals surface area contributed by atoms with Crippen molar-refractivity contribution >= 4 is 6.09 Å². The second-order valence-electron chi connectivity index (χ2n) is 9.69. The molecule has 6 nitrogen and oxygen atoms in total. The predicted octanol–water partition coefficient (Wildman–Crippen LogP) is 5.86. The van der Waals surface area contributed by atoms with E-state index in [1.807, 2.05) is 43.3 Å². The third-order valence-corrected chi connectivity index (χ3v) is 6.50. The lowest BCUT2D eigenvalue weighted by molar-refractivity contribution is -0.101. The van der Waals surface area contributed by atoms with Gasteiger partial charge in [0.1, 0.15) is 11.4 Å². The molecule has 0 aliphatic carbocycles. The second kappa shape index (κ2) is 9.66. The normalized spacial score (nSPS) is 19.3. The molecule has 0 spiro atoms. The number of aliphatic hydroxyl groups is 1. The second-order valence-corrected chi connectivity index (χ2v) is 9.69. The van der Waals surface area contributed by atoms with E-state index in [1.165, 1.54) is 12.1 Å². The Morgan fingerprint density at radius 2 is 1.77 bits per heavy atom. The summed E-state index contributed by atoms with van der Waals surface area (Å²) >= 11 is 0. The first-order valence-corrected chi connectivity index (χ1v) is 11.7. The minimum atomic E-state index is -1.07. The molecule has 7 heteroatoms. The number of hydrogen-bond donors (Lipinski definition) is 1. The highest BCUT2D eigenvalue weighted by Gasteiger charge is 2.46. The fourth-order valence-electron chi connectivity index (χ4n) is 4.71. The van der Waals surface area contributed by atoms with Crippen molar-refractivity contribution in [3.63, 3.8) is 0 Å². The van der Waals surface area contributed by atoms with Crippen molar-refractivity contribution in [2.45, 2.75) is 50.9 Å². The van der Waals surface area contributed by atoms with Crippen LogP contribution in [0.1, 0.15) is 50.8 Å². The number of carbonyl (C=O) groups is 1.